The van der Waals surface area contributed by atoms with Crippen molar-refractivity contribution in [2.24, 2.45) is 17.8 Å². The number of methoxy groups -OCH3 is 1. The Hall–Kier alpha value is -3.43. The van der Waals surface area contributed by atoms with E-state index in [2.05, 4.69) is 27.5 Å². The van der Waals surface area contributed by atoms with E-state index < -0.39 is 71.5 Å². The number of nitrogens with two attached hydrogens (primary N) is 1. The summed E-state index contributed by atoms with van der Waals surface area (Å²) in [4.78, 5) is 46.4. The minimum Gasteiger partial charge on any atom is -0.458 e. The summed E-state index contributed by atoms with van der Waals surface area (Å²) in [6.07, 6.45) is 1.51. The van der Waals surface area contributed by atoms with Gasteiger partial charge in [0.1, 0.15) is 23.8 Å². The van der Waals surface area contributed by atoms with E-state index in [-0.39, 0.29) is 36.3 Å². The van der Waals surface area contributed by atoms with Crippen molar-refractivity contribution in [2.75, 3.05) is 58.5 Å². The predicted octanol–water partition coefficient (Wildman–Crippen LogP) is 5.29. The number of unbranched alkanes of at least 4 members (excludes halogenated alkanes) is 1. The predicted molar refractivity (Wildman–Crippen MR) is 245 cm³/mol. The summed E-state index contributed by atoms with van der Waals surface area (Å²) in [7, 11) is 1.59. The highest BCUT2D eigenvalue weighted by atomic mass is 32.2. The van der Waals surface area contributed by atoms with Crippen LogP contribution in [0.4, 0.5) is 14.4 Å². The number of nitrogens with one attached hydrogen (secondary N) is 1. The number of halogens is 1. The molecule has 4 fully saturated rings. The van der Waals surface area contributed by atoms with E-state index in [1.807, 2.05) is 65.1 Å². The van der Waals surface area contributed by atoms with Gasteiger partial charge in [0.2, 0.25) is 0 Å². The molecule has 17 nitrogen and oxygen atoms in total. The molecule has 2 aromatic rings. The van der Waals surface area contributed by atoms with Crippen LogP contribution in [0.15, 0.2) is 30.5 Å². The minimum atomic E-state index is -1.24. The van der Waals surface area contributed by atoms with Crippen molar-refractivity contribution in [1.82, 2.24) is 30.1 Å². The van der Waals surface area contributed by atoms with Crippen molar-refractivity contribution in [1.29, 1.82) is 0 Å². The van der Waals surface area contributed by atoms with Gasteiger partial charge in [-0.2, -0.15) is 3.89 Å². The average Bonchev–Trinajstić information content (AvgIpc) is 3.86. The number of carbonyl (C=O) groups excluding carboxylic acids is 3. The van der Waals surface area contributed by atoms with E-state index in [1.54, 1.807) is 30.5 Å². The number of hydrogen-bond donors (Lipinski definition) is 3. The van der Waals surface area contributed by atoms with Crippen LogP contribution in [-0.2, 0) is 44.6 Å². The van der Waals surface area contributed by atoms with Crippen LogP contribution < -0.4 is 11.1 Å². The number of fused-ring (bicyclic) bond motifs is 1. The molecule has 0 spiro atoms. The molecule has 1 aromatic carbocycles. The topological polar surface area (TPSA) is 202 Å². The van der Waals surface area contributed by atoms with Gasteiger partial charge in [0.25, 0.3) is 0 Å². The minimum absolute atomic E-state index is 0.0203. The molecular formula is C46H74FN7O10S. The third-order valence-corrected chi connectivity index (χ3v) is 13.7. The van der Waals surface area contributed by atoms with Gasteiger partial charge >= 0.3 is 12.1 Å². The summed E-state index contributed by atoms with van der Waals surface area (Å²) in [5.74, 6) is -3.19. The van der Waals surface area contributed by atoms with E-state index in [0.29, 0.717) is 83.7 Å². The number of aromatic nitrogens is 3. The molecule has 0 aliphatic carbocycles. The normalized spacial score (nSPS) is 35.5. The van der Waals surface area contributed by atoms with Crippen LogP contribution in [-0.4, -0.2) is 161 Å². The number of ketones is 1. The van der Waals surface area contributed by atoms with Gasteiger partial charge in [-0.05, 0) is 91.3 Å². The van der Waals surface area contributed by atoms with Crippen molar-refractivity contribution in [3.63, 3.8) is 0 Å². The molecule has 366 valence electrons. The van der Waals surface area contributed by atoms with Crippen LogP contribution in [0.1, 0.15) is 87.5 Å². The number of aryl methyl sites for hydroxylation is 1. The number of esters is 1. The molecular weight excluding hydrogens is 862 g/mol. The number of amides is 1. The Bertz CT molecular complexity index is 1860. The number of nitrogen functional groups attached to an aromatic ring is 1. The molecule has 4 saturated heterocycles. The molecule has 4 aliphatic rings. The van der Waals surface area contributed by atoms with Gasteiger partial charge in [0, 0.05) is 80.9 Å². The van der Waals surface area contributed by atoms with Gasteiger partial charge in [0.05, 0.1) is 43.3 Å². The number of benzene rings is 1. The molecule has 0 bridgehead atoms. The number of ether oxygens (including phenoxy) is 6. The zero-order chi connectivity index (χ0) is 47.6. The molecule has 19 heteroatoms. The lowest BCUT2D eigenvalue weighted by molar-refractivity contribution is -0.298. The van der Waals surface area contributed by atoms with Crippen LogP contribution in [0.5, 0.6) is 0 Å². The van der Waals surface area contributed by atoms with Crippen LogP contribution in [0.2, 0.25) is 0 Å². The molecule has 65 heavy (non-hydrogen) atoms. The largest absolute Gasteiger partial charge is 0.458 e. The van der Waals surface area contributed by atoms with Crippen LogP contribution in [0, 0.1) is 17.8 Å². The SMILES string of the molecule is CC[C@H]1OC(=O)[C@H](C)C(=O)[C@H](C)[C@@H](O[C@@H]2OC(C)CC(N3CCOCC3)C2O)[C@](C)(OC)C[C@@H](C)CN[C@H](C)[C@H]2N(CCCCn3cc(-c4cccc(N)c4)nn3)C(=O)O[C@]12C.CSF. The lowest BCUT2D eigenvalue weighted by Gasteiger charge is -2.48. The quantitative estimate of drug-likeness (QED) is 0.113. The second-order valence-electron chi connectivity index (χ2n) is 18.6. The Balaban J connectivity index is 0.00000257. The first-order chi connectivity index (χ1) is 30.9. The van der Waals surface area contributed by atoms with E-state index in [1.165, 1.54) is 6.26 Å². The van der Waals surface area contributed by atoms with Gasteiger partial charge in [-0.15, -0.1) is 5.10 Å². The van der Waals surface area contributed by atoms with Gasteiger partial charge < -0.3 is 44.6 Å². The lowest BCUT2D eigenvalue weighted by atomic mass is 9.78. The summed E-state index contributed by atoms with van der Waals surface area (Å²) < 4.78 is 49.4. The molecule has 0 saturated carbocycles. The number of aliphatic hydroxyl groups excluding tert-OH is 1. The monoisotopic (exact) mass is 936 g/mol. The Morgan fingerprint density at radius 2 is 1.77 bits per heavy atom. The van der Waals surface area contributed by atoms with Gasteiger partial charge in [-0.3, -0.25) is 24.1 Å². The molecule has 4 N–H and O–H groups in total. The maximum absolute atomic E-state index is 14.5. The Morgan fingerprint density at radius 3 is 2.43 bits per heavy atom. The van der Waals surface area contributed by atoms with Crippen LogP contribution in [0.3, 0.4) is 0 Å². The second-order valence-corrected chi connectivity index (χ2v) is 18.9. The number of aliphatic hydroxyl groups is 1. The number of carbonyl (C=O) groups is 3. The number of anilines is 1. The maximum atomic E-state index is 14.5. The number of hydrogen-bond acceptors (Lipinski definition) is 16. The fourth-order valence-electron chi connectivity index (χ4n) is 10.2. The first-order valence-corrected chi connectivity index (χ1v) is 24.3. The van der Waals surface area contributed by atoms with Gasteiger partial charge in [0.15, 0.2) is 17.7 Å². The van der Waals surface area contributed by atoms with Crippen LogP contribution in [0.25, 0.3) is 11.3 Å². The molecule has 5 heterocycles. The lowest BCUT2D eigenvalue weighted by Crippen LogP contribution is -2.61. The zero-order valence-corrected chi connectivity index (χ0v) is 40.8. The summed E-state index contributed by atoms with van der Waals surface area (Å²) in [6, 6.07) is 6.45. The number of morpholine rings is 1. The van der Waals surface area contributed by atoms with Crippen LogP contribution >= 0.6 is 12.1 Å². The highest BCUT2D eigenvalue weighted by Crippen LogP contribution is 2.40. The van der Waals surface area contributed by atoms with Crippen molar-refractivity contribution in [3.8, 4) is 11.3 Å². The first kappa shape index (κ1) is 52.5. The number of Topliss-reactive ketones (excluding diaryl/α,β-unsaturated/α-hetero) is 1. The molecule has 1 aromatic heterocycles. The van der Waals surface area contributed by atoms with Gasteiger partial charge in [-0.25, -0.2) is 4.79 Å². The molecule has 3 unspecified atom stereocenters. The van der Waals surface area contributed by atoms with E-state index in [4.69, 9.17) is 34.2 Å². The number of nitrogens with zero attached hydrogens (tertiary/aromatic N) is 5. The van der Waals surface area contributed by atoms with Crippen molar-refractivity contribution in [3.05, 3.63) is 30.5 Å². The molecule has 1 amide bonds. The zero-order valence-electron chi connectivity index (χ0n) is 39.9. The maximum Gasteiger partial charge on any atom is 0.410 e. The molecule has 13 atom stereocenters. The van der Waals surface area contributed by atoms with Gasteiger partial charge in [-0.1, -0.05) is 38.1 Å². The molecule has 4 aliphatic heterocycles. The molecule has 6 rings (SSSR count). The standard InChI is InChI=1S/C45H71N7O10.CH3FS/c1-10-36-45(8)39(52(43(56)62-45)17-12-11-16-51-26-34(48-49-51)32-14-13-15-33(46)23-32)31(6)47-25-27(2)24-44(7,57-9)40(29(4)37(53)30(5)41(55)60-36)61-42-38(54)35(22-28(3)59-42)50-18-20-58-21-19-50;1-3-2/h13-15,23,26-31,35-36,38-40,42,47,54H,10-12,16-22,24-25,46H2,1-9H3;1H3/t27-,28?,29+,30-,31-,35?,36-,38?,39-,40-,42+,44-,45-;/m1./s1. The summed E-state index contributed by atoms with van der Waals surface area (Å²) in [6.45, 7) is 19.0. The fourth-order valence-corrected chi connectivity index (χ4v) is 10.2. The third kappa shape index (κ3) is 12.6. The Labute approximate surface area is 388 Å². The average molecular weight is 936 g/mol. The van der Waals surface area contributed by atoms with E-state index in [9.17, 15) is 23.4 Å². The highest BCUT2D eigenvalue weighted by Gasteiger charge is 2.59. The second kappa shape index (κ2) is 23.5. The van der Waals surface area contributed by atoms with E-state index >= 15 is 0 Å². The van der Waals surface area contributed by atoms with E-state index in [0.717, 1.165) is 11.3 Å². The highest BCUT2D eigenvalue weighted by molar-refractivity contribution is 7.93. The number of cyclic esters (lactones) is 1. The Kier molecular flexibility index (Phi) is 19.0. The first-order valence-electron chi connectivity index (χ1n) is 23.1. The third-order valence-electron chi connectivity index (χ3n) is 13.7. The number of rotatable bonds is 11. The molecule has 0 radical (unpaired) electrons. The summed E-state index contributed by atoms with van der Waals surface area (Å²) in [5.41, 5.74) is 5.94. The summed E-state index contributed by atoms with van der Waals surface area (Å²) in [5, 5.41) is 24.1. The fraction of sp³-hybridized carbons (Fsp3) is 0.761. The van der Waals surface area contributed by atoms with Crippen molar-refractivity contribution < 1.29 is 51.8 Å². The van der Waals surface area contributed by atoms with Crippen molar-refractivity contribution >= 4 is 35.7 Å². The smallest absolute Gasteiger partial charge is 0.410 e. The van der Waals surface area contributed by atoms with Crippen molar-refractivity contribution in [2.45, 2.75) is 154 Å². The summed E-state index contributed by atoms with van der Waals surface area (Å²) >= 11 is 0.250. The Morgan fingerprint density at radius 1 is 1.08 bits per heavy atom.